The molecule has 0 saturated carbocycles. The first-order valence-corrected chi connectivity index (χ1v) is 10.1. The molecule has 0 spiro atoms. The van der Waals surface area contributed by atoms with E-state index in [2.05, 4.69) is 26.2 Å². The van der Waals surface area contributed by atoms with Gasteiger partial charge in [-0.1, -0.05) is 39.7 Å². The Balaban J connectivity index is 1.78. The molecule has 30 heavy (non-hydrogen) atoms. The van der Waals surface area contributed by atoms with Gasteiger partial charge in [-0.2, -0.15) is 4.98 Å². The third kappa shape index (κ3) is 4.13. The zero-order valence-electron chi connectivity index (χ0n) is 15.4. The molecule has 0 aliphatic heterocycles. The molecular formula is C22H14BrClFN3O2. The molecule has 8 heteroatoms. The lowest BCUT2D eigenvalue weighted by Gasteiger charge is -2.14. The fourth-order valence-electron chi connectivity index (χ4n) is 3.14. The molecule has 0 atom stereocenters. The molecule has 0 fully saturated rings. The van der Waals surface area contributed by atoms with E-state index in [1.54, 1.807) is 60.7 Å². The van der Waals surface area contributed by atoms with Gasteiger partial charge in [0.05, 0.1) is 11.2 Å². The van der Waals surface area contributed by atoms with Crippen molar-refractivity contribution in [3.8, 4) is 11.3 Å². The molecule has 0 aliphatic carbocycles. The molecule has 1 N–H and O–H groups in total. The zero-order valence-corrected chi connectivity index (χ0v) is 17.7. The van der Waals surface area contributed by atoms with E-state index in [0.29, 0.717) is 21.6 Å². The fraction of sp³-hybridized carbons (Fsp3) is 0.0455. The number of carbonyl (C=O) groups excluding carboxylic acids is 1. The van der Waals surface area contributed by atoms with E-state index in [-0.39, 0.29) is 17.8 Å². The van der Waals surface area contributed by atoms with E-state index in [9.17, 15) is 14.0 Å². The highest BCUT2D eigenvalue weighted by molar-refractivity contribution is 9.10. The molecule has 3 aromatic carbocycles. The number of hydrogen-bond acceptors (Lipinski definition) is 3. The van der Waals surface area contributed by atoms with Gasteiger partial charge in [0.15, 0.2) is 0 Å². The second-order valence-corrected chi connectivity index (χ2v) is 7.88. The number of nitrogens with zero attached hydrogens (tertiary/aromatic N) is 2. The predicted octanol–water partition coefficient (Wildman–Crippen LogP) is 5.26. The Morgan fingerprint density at radius 3 is 2.57 bits per heavy atom. The van der Waals surface area contributed by atoms with E-state index < -0.39 is 17.4 Å². The summed E-state index contributed by atoms with van der Waals surface area (Å²) < 4.78 is 16.5. The molecule has 0 bridgehead atoms. The lowest BCUT2D eigenvalue weighted by molar-refractivity contribution is -0.116. The third-order valence-corrected chi connectivity index (χ3v) is 5.27. The lowest BCUT2D eigenvalue weighted by atomic mass is 10.1. The van der Waals surface area contributed by atoms with Gasteiger partial charge in [-0.05, 0) is 54.6 Å². The molecule has 1 aromatic heterocycles. The van der Waals surface area contributed by atoms with Gasteiger partial charge in [0.25, 0.3) is 0 Å². The van der Waals surface area contributed by atoms with Gasteiger partial charge in [-0.15, -0.1) is 0 Å². The van der Waals surface area contributed by atoms with E-state index in [4.69, 9.17) is 11.6 Å². The van der Waals surface area contributed by atoms with Crippen LogP contribution in [0.4, 0.5) is 10.1 Å². The van der Waals surface area contributed by atoms with Gasteiger partial charge >= 0.3 is 5.69 Å². The Morgan fingerprint density at radius 1 is 1.10 bits per heavy atom. The average molecular weight is 487 g/mol. The summed E-state index contributed by atoms with van der Waals surface area (Å²) in [6.07, 6.45) is 0. The first-order chi connectivity index (χ1) is 14.4. The van der Waals surface area contributed by atoms with Gasteiger partial charge in [-0.3, -0.25) is 9.36 Å². The van der Waals surface area contributed by atoms with Gasteiger partial charge in [-0.25, -0.2) is 9.18 Å². The lowest BCUT2D eigenvalue weighted by Crippen LogP contribution is -2.30. The first kappa shape index (κ1) is 20.3. The van der Waals surface area contributed by atoms with Crippen LogP contribution in [0.2, 0.25) is 5.02 Å². The van der Waals surface area contributed by atoms with Crippen LogP contribution < -0.4 is 11.0 Å². The van der Waals surface area contributed by atoms with Crippen molar-refractivity contribution in [3.05, 3.63) is 92.5 Å². The Kier molecular flexibility index (Phi) is 5.65. The monoisotopic (exact) mass is 485 g/mol. The fourth-order valence-corrected chi connectivity index (χ4v) is 3.58. The Morgan fingerprint density at radius 2 is 1.83 bits per heavy atom. The number of carbonyl (C=O) groups is 1. The van der Waals surface area contributed by atoms with Crippen molar-refractivity contribution in [1.29, 1.82) is 0 Å². The van der Waals surface area contributed by atoms with Crippen LogP contribution in [-0.2, 0) is 11.3 Å². The second-order valence-electron chi connectivity index (χ2n) is 6.53. The molecule has 1 heterocycles. The summed E-state index contributed by atoms with van der Waals surface area (Å²) in [5, 5.41) is 3.63. The summed E-state index contributed by atoms with van der Waals surface area (Å²) in [5.74, 6) is -0.896. The van der Waals surface area contributed by atoms with Crippen LogP contribution in [-0.4, -0.2) is 15.5 Å². The topological polar surface area (TPSA) is 64.0 Å². The number of rotatable bonds is 4. The summed E-state index contributed by atoms with van der Waals surface area (Å²) >= 11 is 9.48. The molecule has 1 amide bonds. The SMILES string of the molecule is O=C(Cn1c(=O)nc(-c2ccccc2F)c2cc(Cl)ccc21)Nc1ccc(Br)cc1. The van der Waals surface area contributed by atoms with Gasteiger partial charge in [0, 0.05) is 26.1 Å². The highest BCUT2D eigenvalue weighted by atomic mass is 79.9. The second kappa shape index (κ2) is 8.38. The Labute approximate surface area is 184 Å². The van der Waals surface area contributed by atoms with Crippen molar-refractivity contribution >= 4 is 50.0 Å². The summed E-state index contributed by atoms with van der Waals surface area (Å²) in [6.45, 7) is -0.252. The molecule has 150 valence electrons. The van der Waals surface area contributed by atoms with Crippen LogP contribution in [0.1, 0.15) is 0 Å². The molecule has 0 aliphatic rings. The van der Waals surface area contributed by atoms with Crippen molar-refractivity contribution < 1.29 is 9.18 Å². The highest BCUT2D eigenvalue weighted by Gasteiger charge is 2.17. The number of nitrogens with one attached hydrogen (secondary N) is 1. The number of hydrogen-bond donors (Lipinski definition) is 1. The minimum absolute atomic E-state index is 0.181. The number of benzene rings is 3. The summed E-state index contributed by atoms with van der Waals surface area (Å²) in [7, 11) is 0. The highest BCUT2D eigenvalue weighted by Crippen LogP contribution is 2.29. The zero-order chi connectivity index (χ0) is 21.3. The molecule has 0 saturated heterocycles. The maximum absolute atomic E-state index is 14.4. The van der Waals surface area contributed by atoms with E-state index >= 15 is 0 Å². The van der Waals surface area contributed by atoms with Crippen molar-refractivity contribution in [2.75, 3.05) is 5.32 Å². The van der Waals surface area contributed by atoms with Crippen molar-refractivity contribution in [1.82, 2.24) is 9.55 Å². The smallest absolute Gasteiger partial charge is 0.325 e. The number of amides is 1. The first-order valence-electron chi connectivity index (χ1n) is 8.93. The minimum atomic E-state index is -0.658. The third-order valence-electron chi connectivity index (χ3n) is 4.50. The molecular weight excluding hydrogens is 473 g/mol. The van der Waals surface area contributed by atoms with Gasteiger partial charge in [0.1, 0.15) is 12.4 Å². The normalized spacial score (nSPS) is 10.9. The Bertz CT molecular complexity index is 1320. The maximum atomic E-state index is 14.4. The van der Waals surface area contributed by atoms with Crippen LogP contribution in [0.3, 0.4) is 0 Å². The van der Waals surface area contributed by atoms with Crippen molar-refractivity contribution in [3.63, 3.8) is 0 Å². The van der Waals surface area contributed by atoms with Crippen molar-refractivity contribution in [2.45, 2.75) is 6.54 Å². The number of fused-ring (bicyclic) bond motifs is 1. The molecule has 4 rings (SSSR count). The van der Waals surface area contributed by atoms with Crippen LogP contribution in [0, 0.1) is 5.82 Å². The summed E-state index contributed by atoms with van der Waals surface area (Å²) in [4.78, 5) is 29.4. The summed E-state index contributed by atoms with van der Waals surface area (Å²) in [6, 6.07) is 18.0. The van der Waals surface area contributed by atoms with Crippen LogP contribution in [0.15, 0.2) is 76.0 Å². The quantitative estimate of drug-likeness (QED) is 0.428. The van der Waals surface area contributed by atoms with Gasteiger partial charge in [0.2, 0.25) is 5.91 Å². The van der Waals surface area contributed by atoms with Crippen LogP contribution in [0.5, 0.6) is 0 Å². The standard InChI is InChI=1S/C22H14BrClFN3O2/c23-13-5-8-15(9-6-13)26-20(29)12-28-19-10-7-14(24)11-17(19)21(27-22(28)30)16-3-1-2-4-18(16)25/h1-11H,12H2,(H,26,29). The summed E-state index contributed by atoms with van der Waals surface area (Å²) in [5.41, 5.74) is 0.741. The average Bonchev–Trinajstić information content (AvgIpc) is 2.72. The number of halogens is 3. The largest absolute Gasteiger partial charge is 0.349 e. The minimum Gasteiger partial charge on any atom is -0.325 e. The van der Waals surface area contributed by atoms with Crippen molar-refractivity contribution in [2.24, 2.45) is 0 Å². The molecule has 0 radical (unpaired) electrons. The maximum Gasteiger partial charge on any atom is 0.349 e. The van der Waals surface area contributed by atoms with E-state index in [0.717, 1.165) is 4.47 Å². The van der Waals surface area contributed by atoms with E-state index in [1.807, 2.05) is 0 Å². The molecule has 5 nitrogen and oxygen atoms in total. The number of anilines is 1. The van der Waals surface area contributed by atoms with Crippen LogP contribution in [0.25, 0.3) is 22.2 Å². The van der Waals surface area contributed by atoms with Crippen LogP contribution >= 0.6 is 27.5 Å². The van der Waals surface area contributed by atoms with E-state index in [1.165, 1.54) is 10.6 Å². The molecule has 4 aromatic rings. The van der Waals surface area contributed by atoms with Gasteiger partial charge < -0.3 is 5.32 Å². The Hall–Kier alpha value is -3.03. The molecule has 0 unspecified atom stereocenters. The predicted molar refractivity (Wildman–Crippen MR) is 119 cm³/mol. The number of aromatic nitrogens is 2.